The first kappa shape index (κ1) is 16.2. The predicted octanol–water partition coefficient (Wildman–Crippen LogP) is 0.112. The van der Waals surface area contributed by atoms with Crippen molar-refractivity contribution in [1.82, 2.24) is 10.2 Å². The van der Waals surface area contributed by atoms with E-state index in [2.05, 4.69) is 5.32 Å². The summed E-state index contributed by atoms with van der Waals surface area (Å²) in [7, 11) is 1.72. The van der Waals surface area contributed by atoms with Crippen molar-refractivity contribution in [2.75, 3.05) is 20.2 Å². The van der Waals surface area contributed by atoms with Gasteiger partial charge >= 0.3 is 0 Å². The van der Waals surface area contributed by atoms with Gasteiger partial charge in [0, 0.05) is 31.5 Å². The fourth-order valence-electron chi connectivity index (χ4n) is 3.71. The van der Waals surface area contributed by atoms with E-state index in [4.69, 9.17) is 10.5 Å². The Balaban J connectivity index is 2.08. The highest BCUT2D eigenvalue weighted by Crippen LogP contribution is 2.58. The number of fused-ring (bicyclic) bond motifs is 1. The predicted molar refractivity (Wildman–Crippen MR) is 79.5 cm³/mol. The molecule has 1 heterocycles. The number of rotatable bonds is 4. The second-order valence-corrected chi connectivity index (χ2v) is 6.82. The summed E-state index contributed by atoms with van der Waals surface area (Å²) in [5.41, 5.74) is 5.07. The molecule has 2 fully saturated rings. The highest BCUT2D eigenvalue weighted by Gasteiger charge is 2.71. The standard InChI is InChI=1S/C15H27N3O3/c1-6-18(5)12(19)9(2)17-13(20)15(16)10-7-8-21-11(10)14(15,3)4/h9-11H,6-8,16H2,1-5H3,(H,17,20). The smallest absolute Gasteiger partial charge is 0.244 e. The number of carbonyl (C=O) groups is 2. The first-order valence-corrected chi connectivity index (χ1v) is 7.64. The van der Waals surface area contributed by atoms with Crippen LogP contribution in [0.2, 0.25) is 0 Å². The lowest BCUT2D eigenvalue weighted by Gasteiger charge is -2.60. The SMILES string of the molecule is CCN(C)C(=O)C(C)NC(=O)C1(N)C2CCOC2C1(C)C. The molecule has 2 aliphatic rings. The summed E-state index contributed by atoms with van der Waals surface area (Å²) >= 11 is 0. The van der Waals surface area contributed by atoms with E-state index in [0.29, 0.717) is 13.2 Å². The van der Waals surface area contributed by atoms with Gasteiger partial charge < -0.3 is 20.7 Å². The number of carbonyl (C=O) groups excluding carboxylic acids is 2. The first-order chi connectivity index (χ1) is 9.67. The lowest BCUT2D eigenvalue weighted by atomic mass is 9.48. The maximum atomic E-state index is 12.7. The van der Waals surface area contributed by atoms with E-state index in [0.717, 1.165) is 6.42 Å². The number of nitrogens with zero attached hydrogens (tertiary/aromatic N) is 1. The Labute approximate surface area is 126 Å². The van der Waals surface area contributed by atoms with Gasteiger partial charge in [0.2, 0.25) is 11.8 Å². The van der Waals surface area contributed by atoms with E-state index in [1.54, 1.807) is 18.9 Å². The van der Waals surface area contributed by atoms with Gasteiger partial charge in [0.25, 0.3) is 0 Å². The van der Waals surface area contributed by atoms with E-state index in [1.165, 1.54) is 0 Å². The molecule has 0 radical (unpaired) electrons. The van der Waals surface area contributed by atoms with E-state index in [-0.39, 0.29) is 23.8 Å². The van der Waals surface area contributed by atoms with Crippen molar-refractivity contribution in [2.24, 2.45) is 17.1 Å². The topological polar surface area (TPSA) is 84.7 Å². The summed E-state index contributed by atoms with van der Waals surface area (Å²) in [6.07, 6.45) is 0.840. The van der Waals surface area contributed by atoms with E-state index in [9.17, 15) is 9.59 Å². The van der Waals surface area contributed by atoms with Gasteiger partial charge in [-0.3, -0.25) is 9.59 Å². The Morgan fingerprint density at radius 3 is 2.67 bits per heavy atom. The van der Waals surface area contributed by atoms with Gasteiger partial charge in [-0.15, -0.1) is 0 Å². The zero-order valence-corrected chi connectivity index (χ0v) is 13.6. The second kappa shape index (κ2) is 5.25. The molecule has 2 amide bonds. The number of amides is 2. The van der Waals surface area contributed by atoms with Gasteiger partial charge in [-0.25, -0.2) is 0 Å². The van der Waals surface area contributed by atoms with Gasteiger partial charge in [-0.05, 0) is 20.3 Å². The molecule has 3 N–H and O–H groups in total. The van der Waals surface area contributed by atoms with Crippen molar-refractivity contribution in [3.05, 3.63) is 0 Å². The molecule has 0 aromatic carbocycles. The van der Waals surface area contributed by atoms with E-state index >= 15 is 0 Å². The normalized spacial score (nSPS) is 34.6. The molecule has 2 rings (SSSR count). The van der Waals surface area contributed by atoms with Crippen molar-refractivity contribution in [3.63, 3.8) is 0 Å². The highest BCUT2D eigenvalue weighted by atomic mass is 16.5. The van der Waals surface area contributed by atoms with E-state index in [1.807, 2.05) is 20.8 Å². The minimum absolute atomic E-state index is 0.0394. The molecule has 120 valence electrons. The summed E-state index contributed by atoms with van der Waals surface area (Å²) in [5.74, 6) is -0.311. The minimum atomic E-state index is -0.965. The third kappa shape index (κ3) is 2.16. The second-order valence-electron chi connectivity index (χ2n) is 6.82. The fourth-order valence-corrected chi connectivity index (χ4v) is 3.71. The molecule has 1 saturated carbocycles. The van der Waals surface area contributed by atoms with Crippen LogP contribution >= 0.6 is 0 Å². The van der Waals surface area contributed by atoms with E-state index < -0.39 is 17.0 Å². The Kier molecular flexibility index (Phi) is 4.06. The molecule has 21 heavy (non-hydrogen) atoms. The maximum Gasteiger partial charge on any atom is 0.244 e. The van der Waals surface area contributed by atoms with Gasteiger partial charge in [0.1, 0.15) is 11.6 Å². The average Bonchev–Trinajstić information content (AvgIpc) is 2.92. The highest BCUT2D eigenvalue weighted by molar-refractivity contribution is 5.93. The number of likely N-dealkylation sites (N-methyl/N-ethyl adjacent to an activating group) is 1. The minimum Gasteiger partial charge on any atom is -0.377 e. The van der Waals surface area contributed by atoms with Gasteiger partial charge in [-0.2, -0.15) is 0 Å². The number of hydrogen-bond donors (Lipinski definition) is 2. The number of nitrogens with one attached hydrogen (secondary N) is 1. The first-order valence-electron chi connectivity index (χ1n) is 7.64. The molecule has 1 aliphatic heterocycles. The molecule has 0 aromatic rings. The summed E-state index contributed by atoms with van der Waals surface area (Å²) in [4.78, 5) is 26.3. The molecule has 4 atom stereocenters. The monoisotopic (exact) mass is 297 g/mol. The molecule has 6 heteroatoms. The van der Waals surface area contributed by atoms with Crippen LogP contribution in [0.4, 0.5) is 0 Å². The van der Waals surface area contributed by atoms with Gasteiger partial charge in [-0.1, -0.05) is 13.8 Å². The third-order valence-electron chi connectivity index (χ3n) is 5.40. The van der Waals surface area contributed by atoms with Crippen molar-refractivity contribution in [3.8, 4) is 0 Å². The Morgan fingerprint density at radius 2 is 2.10 bits per heavy atom. The average molecular weight is 297 g/mol. The third-order valence-corrected chi connectivity index (χ3v) is 5.40. The van der Waals surface area contributed by atoms with Gasteiger partial charge in [0.15, 0.2) is 0 Å². The summed E-state index contributed by atoms with van der Waals surface area (Å²) < 4.78 is 5.69. The number of nitrogens with two attached hydrogens (primary N) is 1. The zero-order chi connectivity index (χ0) is 16.0. The lowest BCUT2D eigenvalue weighted by molar-refractivity contribution is -0.176. The van der Waals surface area contributed by atoms with Crippen LogP contribution in [0.25, 0.3) is 0 Å². The van der Waals surface area contributed by atoms with Crippen LogP contribution in [-0.4, -0.2) is 54.6 Å². The van der Waals surface area contributed by atoms with Crippen LogP contribution in [0.1, 0.15) is 34.1 Å². The van der Waals surface area contributed by atoms with Gasteiger partial charge in [0.05, 0.1) is 6.10 Å². The van der Waals surface area contributed by atoms with Crippen LogP contribution in [0, 0.1) is 11.3 Å². The van der Waals surface area contributed by atoms with Crippen LogP contribution in [0.5, 0.6) is 0 Å². The molecule has 0 bridgehead atoms. The quantitative estimate of drug-likeness (QED) is 0.771. The van der Waals surface area contributed by atoms with Crippen LogP contribution in [0.15, 0.2) is 0 Å². The molecule has 1 aliphatic carbocycles. The van der Waals surface area contributed by atoms with Crippen molar-refractivity contribution >= 4 is 11.8 Å². The summed E-state index contributed by atoms with van der Waals surface area (Å²) in [6, 6.07) is -0.569. The fraction of sp³-hybridized carbons (Fsp3) is 0.867. The van der Waals surface area contributed by atoms with Crippen LogP contribution in [0.3, 0.4) is 0 Å². The molecule has 0 spiro atoms. The zero-order valence-electron chi connectivity index (χ0n) is 13.6. The molecular formula is C15H27N3O3. The Hall–Kier alpha value is -1.14. The maximum absolute atomic E-state index is 12.7. The van der Waals surface area contributed by atoms with Crippen molar-refractivity contribution in [1.29, 1.82) is 0 Å². The largest absolute Gasteiger partial charge is 0.377 e. The van der Waals surface area contributed by atoms with Crippen LogP contribution < -0.4 is 11.1 Å². The molecule has 6 nitrogen and oxygen atoms in total. The van der Waals surface area contributed by atoms with Crippen LogP contribution in [-0.2, 0) is 14.3 Å². The summed E-state index contributed by atoms with van der Waals surface area (Å²) in [6.45, 7) is 8.78. The summed E-state index contributed by atoms with van der Waals surface area (Å²) in [5, 5.41) is 2.79. The molecular weight excluding hydrogens is 270 g/mol. The number of hydrogen-bond acceptors (Lipinski definition) is 4. The van der Waals surface area contributed by atoms with Crippen molar-refractivity contribution in [2.45, 2.75) is 51.8 Å². The lowest BCUT2D eigenvalue weighted by Crippen LogP contribution is -2.80. The Bertz CT molecular complexity index is 451. The van der Waals surface area contributed by atoms with Crippen molar-refractivity contribution < 1.29 is 14.3 Å². The Morgan fingerprint density at radius 1 is 1.48 bits per heavy atom. The number of ether oxygens (including phenoxy) is 1. The molecule has 0 aromatic heterocycles. The molecule has 4 unspecified atom stereocenters. The molecule has 1 saturated heterocycles.